The average molecular weight is 536 g/mol. The Kier molecular flexibility index (Phi) is 7.33. The van der Waals surface area contributed by atoms with Crippen molar-refractivity contribution in [3.05, 3.63) is 95.9 Å². The molecule has 4 aromatic rings. The molecule has 2 aliphatic heterocycles. The van der Waals surface area contributed by atoms with E-state index in [1.54, 1.807) is 0 Å². The summed E-state index contributed by atoms with van der Waals surface area (Å²) in [4.78, 5) is 36.1. The van der Waals surface area contributed by atoms with Crippen molar-refractivity contribution in [1.29, 1.82) is 0 Å². The van der Waals surface area contributed by atoms with Crippen molar-refractivity contribution < 1.29 is 14.3 Å². The smallest absolute Gasteiger partial charge is 0.298 e. The lowest BCUT2D eigenvalue weighted by molar-refractivity contribution is -0.112. The SMILES string of the molecule is CCc1cccc(N2CCN(c3ccc(NC(=O)C(=O)c4c(-c5ccccc5)cc5n4CCOC5)cc3)CC2)n1. The number of nitrogens with one attached hydrogen (secondary N) is 1. The summed E-state index contributed by atoms with van der Waals surface area (Å²) in [6, 6.07) is 25.6. The van der Waals surface area contributed by atoms with Crippen molar-refractivity contribution in [2.45, 2.75) is 26.5 Å². The van der Waals surface area contributed by atoms with Gasteiger partial charge in [-0.05, 0) is 54.4 Å². The number of hydrogen-bond donors (Lipinski definition) is 1. The van der Waals surface area contributed by atoms with Gasteiger partial charge in [0.05, 0.1) is 13.2 Å². The second kappa shape index (κ2) is 11.4. The predicted octanol–water partition coefficient (Wildman–Crippen LogP) is 4.79. The number of Topliss-reactive ketones (excluding diaryl/α,β-unsaturated/α-hetero) is 1. The van der Waals surface area contributed by atoms with Crippen LogP contribution in [0.5, 0.6) is 0 Å². The summed E-state index contributed by atoms with van der Waals surface area (Å²) in [5.41, 5.74) is 5.77. The summed E-state index contributed by atoms with van der Waals surface area (Å²) in [6.45, 7) is 7.14. The monoisotopic (exact) mass is 535 g/mol. The van der Waals surface area contributed by atoms with E-state index in [0.29, 0.717) is 31.1 Å². The second-order valence-corrected chi connectivity index (χ2v) is 10.1. The Bertz CT molecular complexity index is 1510. The molecule has 40 heavy (non-hydrogen) atoms. The van der Waals surface area contributed by atoms with Crippen LogP contribution in [0.3, 0.4) is 0 Å². The maximum absolute atomic E-state index is 13.5. The van der Waals surface area contributed by atoms with E-state index in [1.807, 2.05) is 65.2 Å². The number of benzene rings is 2. The third-order valence-corrected chi connectivity index (χ3v) is 7.65. The molecule has 204 valence electrons. The molecule has 8 nitrogen and oxygen atoms in total. The van der Waals surface area contributed by atoms with Gasteiger partial charge in [-0.2, -0.15) is 0 Å². The van der Waals surface area contributed by atoms with Gasteiger partial charge in [-0.25, -0.2) is 4.98 Å². The molecular formula is C32H33N5O3. The number of anilines is 3. The highest BCUT2D eigenvalue weighted by atomic mass is 16.5. The van der Waals surface area contributed by atoms with E-state index in [-0.39, 0.29) is 0 Å². The lowest BCUT2D eigenvalue weighted by Crippen LogP contribution is -2.46. The van der Waals surface area contributed by atoms with Gasteiger partial charge in [-0.1, -0.05) is 43.3 Å². The second-order valence-electron chi connectivity index (χ2n) is 10.1. The fraction of sp³-hybridized carbons (Fsp3) is 0.281. The molecule has 0 radical (unpaired) electrons. The molecule has 2 aromatic heterocycles. The number of nitrogens with zero attached hydrogens (tertiary/aromatic N) is 4. The molecule has 6 rings (SSSR count). The maximum atomic E-state index is 13.5. The minimum atomic E-state index is -0.646. The van der Waals surface area contributed by atoms with Crippen LogP contribution < -0.4 is 15.1 Å². The minimum Gasteiger partial charge on any atom is -0.373 e. The van der Waals surface area contributed by atoms with E-state index in [4.69, 9.17) is 9.72 Å². The lowest BCUT2D eigenvalue weighted by Gasteiger charge is -2.37. The third-order valence-electron chi connectivity index (χ3n) is 7.65. The summed E-state index contributed by atoms with van der Waals surface area (Å²) < 4.78 is 7.51. The van der Waals surface area contributed by atoms with Crippen LogP contribution >= 0.6 is 0 Å². The van der Waals surface area contributed by atoms with E-state index < -0.39 is 11.7 Å². The Balaban J connectivity index is 1.12. The zero-order valence-electron chi connectivity index (χ0n) is 22.7. The van der Waals surface area contributed by atoms with E-state index in [1.165, 1.54) is 0 Å². The van der Waals surface area contributed by atoms with Gasteiger partial charge < -0.3 is 24.4 Å². The molecule has 4 heterocycles. The van der Waals surface area contributed by atoms with Crippen molar-refractivity contribution in [3.8, 4) is 11.1 Å². The van der Waals surface area contributed by atoms with Crippen molar-refractivity contribution in [1.82, 2.24) is 9.55 Å². The van der Waals surface area contributed by atoms with Crippen LogP contribution in [0.4, 0.5) is 17.2 Å². The minimum absolute atomic E-state index is 0.412. The summed E-state index contributed by atoms with van der Waals surface area (Å²) in [7, 11) is 0. The van der Waals surface area contributed by atoms with Crippen molar-refractivity contribution in [3.63, 3.8) is 0 Å². The summed E-state index contributed by atoms with van der Waals surface area (Å²) in [5.74, 6) is -0.158. The first kappa shape index (κ1) is 25.8. The number of piperazine rings is 1. The van der Waals surface area contributed by atoms with Crippen LogP contribution in [0.2, 0.25) is 0 Å². The topological polar surface area (TPSA) is 79.7 Å². The van der Waals surface area contributed by atoms with Gasteiger partial charge in [-0.3, -0.25) is 9.59 Å². The largest absolute Gasteiger partial charge is 0.373 e. The molecule has 0 unspecified atom stereocenters. The standard InChI is InChI=1S/C32H33N5O3/c1-2-24-9-6-10-29(33-24)36-17-15-35(16-18-36)26-13-11-25(12-14-26)34-32(39)31(38)30-28(23-7-4-3-5-8-23)21-27-22-40-20-19-37(27)30/h3-14,21H,2,15-20,22H2,1H3,(H,34,39). The molecule has 0 aliphatic carbocycles. The number of aryl methyl sites for hydroxylation is 1. The van der Waals surface area contributed by atoms with E-state index in [9.17, 15) is 9.59 Å². The first-order valence-electron chi connectivity index (χ1n) is 13.9. The molecule has 0 spiro atoms. The molecule has 2 aromatic carbocycles. The van der Waals surface area contributed by atoms with Crippen LogP contribution in [-0.2, 0) is 29.1 Å². The molecule has 1 saturated heterocycles. The van der Waals surface area contributed by atoms with Crippen LogP contribution in [0.1, 0.15) is 28.8 Å². The molecule has 0 atom stereocenters. The van der Waals surface area contributed by atoms with Gasteiger partial charge >= 0.3 is 0 Å². The van der Waals surface area contributed by atoms with Crippen molar-refractivity contribution in [2.24, 2.45) is 0 Å². The predicted molar refractivity (Wildman–Crippen MR) is 157 cm³/mol. The number of ether oxygens (including phenoxy) is 1. The zero-order chi connectivity index (χ0) is 27.5. The van der Waals surface area contributed by atoms with E-state index >= 15 is 0 Å². The van der Waals surface area contributed by atoms with Gasteiger partial charge in [0.1, 0.15) is 11.5 Å². The Morgan fingerprint density at radius 3 is 2.38 bits per heavy atom. The summed E-state index contributed by atoms with van der Waals surface area (Å²) in [5, 5.41) is 2.82. The number of hydrogen-bond acceptors (Lipinski definition) is 6. The highest BCUT2D eigenvalue weighted by molar-refractivity contribution is 6.47. The Labute approximate surface area is 234 Å². The maximum Gasteiger partial charge on any atom is 0.298 e. The molecular weight excluding hydrogens is 502 g/mol. The molecule has 0 saturated carbocycles. The van der Waals surface area contributed by atoms with Gasteiger partial charge in [0, 0.05) is 61.0 Å². The number of aromatic nitrogens is 2. The van der Waals surface area contributed by atoms with Crippen LogP contribution in [0.15, 0.2) is 78.9 Å². The Hall–Kier alpha value is -4.43. The molecule has 2 aliphatic rings. The zero-order valence-corrected chi connectivity index (χ0v) is 22.7. The third kappa shape index (κ3) is 5.22. The fourth-order valence-corrected chi connectivity index (χ4v) is 5.48. The van der Waals surface area contributed by atoms with Crippen molar-refractivity contribution in [2.75, 3.05) is 47.9 Å². The Morgan fingerprint density at radius 2 is 1.62 bits per heavy atom. The number of fused-ring (bicyclic) bond motifs is 1. The van der Waals surface area contributed by atoms with E-state index in [0.717, 1.165) is 66.6 Å². The fourth-order valence-electron chi connectivity index (χ4n) is 5.48. The molecule has 1 amide bonds. The molecule has 8 heteroatoms. The normalized spacial score (nSPS) is 15.0. The van der Waals surface area contributed by atoms with Gasteiger partial charge in [0.15, 0.2) is 0 Å². The van der Waals surface area contributed by atoms with E-state index in [2.05, 4.69) is 40.2 Å². The molecule has 1 fully saturated rings. The number of amides is 1. The highest BCUT2D eigenvalue weighted by Gasteiger charge is 2.28. The number of pyridine rings is 1. The Morgan fingerprint density at radius 1 is 0.875 bits per heavy atom. The van der Waals surface area contributed by atoms with Crippen LogP contribution in [0.25, 0.3) is 11.1 Å². The number of rotatable bonds is 7. The average Bonchev–Trinajstić information content (AvgIpc) is 3.41. The van der Waals surface area contributed by atoms with Crippen molar-refractivity contribution >= 4 is 28.9 Å². The lowest BCUT2D eigenvalue weighted by atomic mass is 10.0. The summed E-state index contributed by atoms with van der Waals surface area (Å²) >= 11 is 0. The summed E-state index contributed by atoms with van der Waals surface area (Å²) in [6.07, 6.45) is 0.930. The highest BCUT2D eigenvalue weighted by Crippen LogP contribution is 2.30. The first-order chi connectivity index (χ1) is 19.6. The van der Waals surface area contributed by atoms with Gasteiger partial charge in [0.25, 0.3) is 11.7 Å². The quantitative estimate of drug-likeness (QED) is 0.271. The van der Waals surface area contributed by atoms with Crippen LogP contribution in [0, 0.1) is 0 Å². The number of carbonyl (C=O) groups is 2. The number of ketones is 1. The van der Waals surface area contributed by atoms with Gasteiger partial charge in [0.2, 0.25) is 0 Å². The molecule has 0 bridgehead atoms. The van der Waals surface area contributed by atoms with Crippen LogP contribution in [-0.4, -0.2) is 54.0 Å². The number of carbonyl (C=O) groups excluding carboxylic acids is 2. The van der Waals surface area contributed by atoms with Gasteiger partial charge in [-0.15, -0.1) is 0 Å². The molecule has 1 N–H and O–H groups in total. The first-order valence-corrected chi connectivity index (χ1v) is 13.9.